The molecule has 5 heterocycles. The van der Waals surface area contributed by atoms with Crippen LogP contribution in [0.2, 0.25) is 0 Å². The predicted molar refractivity (Wildman–Crippen MR) is 136 cm³/mol. The number of thiophene rings is 1. The van der Waals surface area contributed by atoms with E-state index in [4.69, 9.17) is 10.8 Å². The van der Waals surface area contributed by atoms with E-state index in [0.29, 0.717) is 41.3 Å². The maximum Gasteiger partial charge on any atom is 0.246 e. The molecule has 10 nitrogen and oxygen atoms in total. The van der Waals surface area contributed by atoms with Crippen LogP contribution in [0.5, 0.6) is 0 Å². The second kappa shape index (κ2) is 9.26. The van der Waals surface area contributed by atoms with Gasteiger partial charge in [-0.25, -0.2) is 14.6 Å². The van der Waals surface area contributed by atoms with Gasteiger partial charge in [0.25, 0.3) is 0 Å². The second-order valence-corrected chi connectivity index (χ2v) is 9.40. The summed E-state index contributed by atoms with van der Waals surface area (Å²) in [4.78, 5) is 40.3. The van der Waals surface area contributed by atoms with Crippen molar-refractivity contribution >= 4 is 45.7 Å². The quantitative estimate of drug-likeness (QED) is 0.411. The van der Waals surface area contributed by atoms with E-state index < -0.39 is 0 Å². The largest absolute Gasteiger partial charge is 0.383 e. The molecule has 35 heavy (non-hydrogen) atoms. The Hall–Kier alpha value is -4.12. The Morgan fingerprint density at radius 1 is 1.20 bits per heavy atom. The zero-order valence-corrected chi connectivity index (χ0v) is 20.0. The summed E-state index contributed by atoms with van der Waals surface area (Å²) in [6, 6.07) is 7.62. The topological polar surface area (TPSA) is 132 Å². The maximum absolute atomic E-state index is 12.2. The van der Waals surface area contributed by atoms with Gasteiger partial charge < -0.3 is 16.0 Å². The minimum absolute atomic E-state index is 0.0272. The fraction of sp³-hybridized carbons (Fsp3) is 0.250. The maximum atomic E-state index is 12.2. The van der Waals surface area contributed by atoms with Gasteiger partial charge in [0.1, 0.15) is 17.8 Å². The van der Waals surface area contributed by atoms with Crippen molar-refractivity contribution in [2.75, 3.05) is 24.1 Å². The molecule has 0 bridgehead atoms. The molecule has 0 radical (unpaired) electrons. The number of carbonyl (C=O) groups excluding carboxylic acids is 2. The Morgan fingerprint density at radius 2 is 2.03 bits per heavy atom. The molecular weight excluding hydrogens is 464 g/mol. The van der Waals surface area contributed by atoms with Gasteiger partial charge in [0.15, 0.2) is 5.65 Å². The molecule has 1 aliphatic heterocycles. The number of fused-ring (bicyclic) bond motifs is 1. The van der Waals surface area contributed by atoms with Crippen LogP contribution in [0.4, 0.5) is 11.5 Å². The molecule has 178 valence electrons. The van der Waals surface area contributed by atoms with Gasteiger partial charge in [-0.1, -0.05) is 6.58 Å². The van der Waals surface area contributed by atoms with E-state index >= 15 is 0 Å². The molecule has 3 N–H and O–H groups in total. The summed E-state index contributed by atoms with van der Waals surface area (Å²) in [5, 5.41) is 8.35. The SMILES string of the molecule is C=CC(=O)N1CCCC(n2nc(-c3ccc(-c4ccc(NC(C)=O)cn4)s3)c3c(N)ncnc32)C1. The summed E-state index contributed by atoms with van der Waals surface area (Å²) in [6.07, 6.45) is 6.16. The summed E-state index contributed by atoms with van der Waals surface area (Å²) in [6.45, 7) is 6.30. The molecule has 4 aromatic rings. The Bertz CT molecular complexity index is 1430. The van der Waals surface area contributed by atoms with Crippen molar-refractivity contribution in [3.05, 3.63) is 49.4 Å². The first kappa shape index (κ1) is 22.7. The first-order valence-corrected chi connectivity index (χ1v) is 12.0. The van der Waals surface area contributed by atoms with Crippen LogP contribution in [0, 0.1) is 0 Å². The summed E-state index contributed by atoms with van der Waals surface area (Å²) in [5.74, 6) is 0.134. The van der Waals surface area contributed by atoms with Crippen molar-refractivity contribution in [3.8, 4) is 21.1 Å². The van der Waals surface area contributed by atoms with Crippen molar-refractivity contribution in [3.63, 3.8) is 0 Å². The number of amides is 2. The van der Waals surface area contributed by atoms with Crippen LogP contribution in [-0.4, -0.2) is 54.5 Å². The average Bonchev–Trinajstić information content (AvgIpc) is 3.50. The summed E-state index contributed by atoms with van der Waals surface area (Å²) < 4.78 is 1.88. The summed E-state index contributed by atoms with van der Waals surface area (Å²) >= 11 is 1.54. The van der Waals surface area contributed by atoms with Gasteiger partial charge in [-0.3, -0.25) is 14.6 Å². The van der Waals surface area contributed by atoms with Crippen LogP contribution in [-0.2, 0) is 9.59 Å². The smallest absolute Gasteiger partial charge is 0.246 e. The zero-order valence-electron chi connectivity index (χ0n) is 19.1. The molecule has 1 aliphatic rings. The van der Waals surface area contributed by atoms with Gasteiger partial charge in [0.05, 0.1) is 38.8 Å². The molecule has 0 saturated carbocycles. The number of likely N-dealkylation sites (tertiary alicyclic amines) is 1. The number of rotatable bonds is 5. The van der Waals surface area contributed by atoms with Crippen LogP contribution in [0.3, 0.4) is 0 Å². The lowest BCUT2D eigenvalue weighted by molar-refractivity contribution is -0.127. The summed E-state index contributed by atoms with van der Waals surface area (Å²) in [7, 11) is 0. The third-order valence-electron chi connectivity index (χ3n) is 5.92. The lowest BCUT2D eigenvalue weighted by Crippen LogP contribution is -2.40. The van der Waals surface area contributed by atoms with Gasteiger partial charge in [-0.05, 0) is 43.2 Å². The van der Waals surface area contributed by atoms with E-state index in [-0.39, 0.29) is 17.9 Å². The number of carbonyl (C=O) groups is 2. The molecule has 0 spiro atoms. The summed E-state index contributed by atoms with van der Waals surface area (Å²) in [5.41, 5.74) is 9.07. The van der Waals surface area contributed by atoms with Crippen molar-refractivity contribution in [1.82, 2.24) is 29.6 Å². The Balaban J connectivity index is 1.51. The van der Waals surface area contributed by atoms with E-state index in [9.17, 15) is 9.59 Å². The molecule has 0 aromatic carbocycles. The number of hydrogen-bond acceptors (Lipinski definition) is 8. The lowest BCUT2D eigenvalue weighted by atomic mass is 10.1. The van der Waals surface area contributed by atoms with E-state index in [0.717, 1.165) is 28.3 Å². The zero-order chi connectivity index (χ0) is 24.5. The molecule has 1 saturated heterocycles. The van der Waals surface area contributed by atoms with Crippen LogP contribution in [0.1, 0.15) is 25.8 Å². The van der Waals surface area contributed by atoms with Crippen LogP contribution >= 0.6 is 11.3 Å². The number of hydrogen-bond donors (Lipinski definition) is 2. The number of nitrogen functional groups attached to an aromatic ring is 1. The van der Waals surface area contributed by atoms with Crippen LogP contribution < -0.4 is 11.1 Å². The van der Waals surface area contributed by atoms with Crippen LogP contribution in [0.25, 0.3) is 32.2 Å². The second-order valence-electron chi connectivity index (χ2n) is 8.31. The van der Waals surface area contributed by atoms with Gasteiger partial charge in [-0.15, -0.1) is 11.3 Å². The van der Waals surface area contributed by atoms with Crippen molar-refractivity contribution in [1.29, 1.82) is 0 Å². The van der Waals surface area contributed by atoms with Crippen LogP contribution in [0.15, 0.2) is 49.4 Å². The molecule has 1 atom stereocenters. The van der Waals surface area contributed by atoms with E-state index in [1.807, 2.05) is 28.9 Å². The third kappa shape index (κ3) is 4.37. The lowest BCUT2D eigenvalue weighted by Gasteiger charge is -2.32. The fourth-order valence-corrected chi connectivity index (χ4v) is 5.30. The number of nitrogens with zero attached hydrogens (tertiary/aromatic N) is 6. The molecule has 4 aromatic heterocycles. The van der Waals surface area contributed by atoms with Crippen molar-refractivity contribution in [2.24, 2.45) is 0 Å². The van der Waals surface area contributed by atoms with Gasteiger partial charge in [0, 0.05) is 20.0 Å². The van der Waals surface area contributed by atoms with E-state index in [2.05, 4.69) is 26.8 Å². The van der Waals surface area contributed by atoms with E-state index in [1.165, 1.54) is 30.7 Å². The molecule has 1 fully saturated rings. The average molecular weight is 489 g/mol. The standard InChI is InChI=1S/C24H24N8O2S/c1-3-20(34)31-10-4-5-16(12-31)32-24-21(23(25)27-13-28-24)22(30-32)19-9-8-18(35-19)17-7-6-15(11-26-17)29-14(2)33/h3,6-9,11,13,16H,1,4-5,10,12H2,2H3,(H,29,33)(H2,25,27,28). The highest BCUT2D eigenvalue weighted by Gasteiger charge is 2.28. The number of pyridine rings is 1. The van der Waals surface area contributed by atoms with Crippen molar-refractivity contribution in [2.45, 2.75) is 25.8 Å². The Labute approximate surface area is 205 Å². The van der Waals surface area contributed by atoms with Gasteiger partial charge in [-0.2, -0.15) is 5.10 Å². The first-order valence-electron chi connectivity index (χ1n) is 11.2. The molecule has 0 aliphatic carbocycles. The van der Waals surface area contributed by atoms with Gasteiger partial charge in [0.2, 0.25) is 11.8 Å². The number of piperidine rings is 1. The van der Waals surface area contributed by atoms with Gasteiger partial charge >= 0.3 is 0 Å². The minimum atomic E-state index is -0.143. The molecule has 5 rings (SSSR count). The molecule has 1 unspecified atom stereocenters. The number of aromatic nitrogens is 5. The van der Waals surface area contributed by atoms with Crippen molar-refractivity contribution < 1.29 is 9.59 Å². The highest BCUT2D eigenvalue weighted by molar-refractivity contribution is 7.18. The molecule has 11 heteroatoms. The normalized spacial score (nSPS) is 15.8. The Kier molecular flexibility index (Phi) is 6.00. The fourth-order valence-electron chi connectivity index (χ4n) is 4.33. The minimum Gasteiger partial charge on any atom is -0.383 e. The Morgan fingerprint density at radius 3 is 2.77 bits per heavy atom. The highest BCUT2D eigenvalue weighted by atomic mass is 32.1. The predicted octanol–water partition coefficient (Wildman–Crippen LogP) is 3.51. The molecular formula is C24H24N8O2S. The number of nitrogens with two attached hydrogens (primary N) is 1. The third-order valence-corrected chi connectivity index (χ3v) is 7.04. The highest BCUT2D eigenvalue weighted by Crippen LogP contribution is 2.39. The monoisotopic (exact) mass is 488 g/mol. The first-order chi connectivity index (χ1) is 16.9. The number of anilines is 2. The van der Waals surface area contributed by atoms with E-state index in [1.54, 1.807) is 11.1 Å². The number of nitrogens with one attached hydrogen (secondary N) is 1. The molecule has 2 amide bonds.